The molecule has 1 heterocycles. The van der Waals surface area contributed by atoms with Gasteiger partial charge in [0.1, 0.15) is 0 Å². The smallest absolute Gasteiger partial charge is 0.353 e. The molecule has 1 aliphatic rings. The van der Waals surface area contributed by atoms with Crippen molar-refractivity contribution in [3.8, 4) is 12.3 Å². The lowest BCUT2D eigenvalue weighted by molar-refractivity contribution is -0.141. The Kier molecular flexibility index (Phi) is 4.52. The number of nitrogens with zero attached hydrogens (tertiary/aromatic N) is 2. The monoisotopic (exact) mass is 238 g/mol. The lowest BCUT2D eigenvalue weighted by Crippen LogP contribution is -2.40. The van der Waals surface area contributed by atoms with Gasteiger partial charge in [0.15, 0.2) is 5.71 Å². The van der Waals surface area contributed by atoms with Gasteiger partial charge < -0.3 is 14.8 Å². The fourth-order valence-electron chi connectivity index (χ4n) is 1.49. The maximum atomic E-state index is 11.9. The number of carboxylic acid groups (broad SMARTS) is 1. The van der Waals surface area contributed by atoms with E-state index in [1.54, 1.807) is 0 Å². The number of rotatable bonds is 5. The molecule has 1 N–H and O–H groups in total. The normalized spacial score (nSPS) is 17.9. The Balaban J connectivity index is 2.60. The fourth-order valence-corrected chi connectivity index (χ4v) is 1.49. The molecule has 1 aliphatic heterocycles. The zero-order valence-corrected chi connectivity index (χ0v) is 9.55. The molecular formula is C11H14N2O4. The number of terminal acetylenes is 1. The maximum absolute atomic E-state index is 11.9. The molecule has 0 aromatic carbocycles. The highest BCUT2D eigenvalue weighted by atomic mass is 16.6. The number of carboxylic acids is 1. The summed E-state index contributed by atoms with van der Waals surface area (Å²) in [5.41, 5.74) is -0.138. The molecule has 0 spiro atoms. The Labute approximate surface area is 99.2 Å². The molecular weight excluding hydrogens is 224 g/mol. The molecule has 1 amide bonds. The van der Waals surface area contributed by atoms with Gasteiger partial charge in [0, 0.05) is 13.0 Å². The third kappa shape index (κ3) is 3.21. The van der Waals surface area contributed by atoms with E-state index in [2.05, 4.69) is 11.1 Å². The maximum Gasteiger partial charge on any atom is 0.353 e. The van der Waals surface area contributed by atoms with Crippen molar-refractivity contribution in [2.24, 2.45) is 5.16 Å². The van der Waals surface area contributed by atoms with Gasteiger partial charge in [0.05, 0.1) is 6.54 Å². The number of hydrogen-bond donors (Lipinski definition) is 1. The SMILES string of the molecule is C#CCN(CCC)C(=O)C1CC(C(=O)O)=NO1. The zero-order valence-electron chi connectivity index (χ0n) is 9.55. The van der Waals surface area contributed by atoms with E-state index < -0.39 is 12.1 Å². The summed E-state index contributed by atoms with van der Waals surface area (Å²) in [4.78, 5) is 28.8. The van der Waals surface area contributed by atoms with Gasteiger partial charge in [-0.1, -0.05) is 18.0 Å². The van der Waals surface area contributed by atoms with E-state index in [1.807, 2.05) is 6.92 Å². The first-order valence-corrected chi connectivity index (χ1v) is 5.28. The molecule has 0 aromatic rings. The molecule has 92 valence electrons. The molecule has 1 rings (SSSR count). The Bertz CT molecular complexity index is 383. The van der Waals surface area contributed by atoms with Crippen LogP contribution in [0.5, 0.6) is 0 Å². The average Bonchev–Trinajstić information content (AvgIpc) is 2.77. The van der Waals surface area contributed by atoms with E-state index in [1.165, 1.54) is 4.90 Å². The quantitative estimate of drug-likeness (QED) is 0.688. The summed E-state index contributed by atoms with van der Waals surface area (Å²) in [7, 11) is 0. The standard InChI is InChI=1S/C11H14N2O4/c1-3-5-13(6-4-2)10(14)9-7-8(11(15)16)12-17-9/h1,9H,4-7H2,2H3,(H,15,16). The van der Waals surface area contributed by atoms with E-state index in [0.717, 1.165) is 6.42 Å². The van der Waals surface area contributed by atoms with Gasteiger partial charge in [0.25, 0.3) is 5.91 Å². The van der Waals surface area contributed by atoms with E-state index in [9.17, 15) is 9.59 Å². The lowest BCUT2D eigenvalue weighted by atomic mass is 10.1. The second-order valence-corrected chi connectivity index (χ2v) is 3.61. The largest absolute Gasteiger partial charge is 0.477 e. The number of hydrogen-bond acceptors (Lipinski definition) is 4. The van der Waals surface area contributed by atoms with Crippen LogP contribution < -0.4 is 0 Å². The van der Waals surface area contributed by atoms with Crippen LogP contribution in [0.3, 0.4) is 0 Å². The van der Waals surface area contributed by atoms with Crippen molar-refractivity contribution >= 4 is 17.6 Å². The summed E-state index contributed by atoms with van der Waals surface area (Å²) >= 11 is 0. The number of amides is 1. The molecule has 1 atom stereocenters. The predicted molar refractivity (Wildman–Crippen MR) is 60.3 cm³/mol. The van der Waals surface area contributed by atoms with Crippen molar-refractivity contribution in [2.45, 2.75) is 25.9 Å². The summed E-state index contributed by atoms with van der Waals surface area (Å²) < 4.78 is 0. The molecule has 0 saturated heterocycles. The fraction of sp³-hybridized carbons (Fsp3) is 0.545. The lowest BCUT2D eigenvalue weighted by Gasteiger charge is -2.21. The van der Waals surface area contributed by atoms with Gasteiger partial charge in [-0.15, -0.1) is 6.42 Å². The first-order chi connectivity index (χ1) is 8.10. The van der Waals surface area contributed by atoms with Crippen LogP contribution in [-0.4, -0.2) is 46.8 Å². The highest BCUT2D eigenvalue weighted by molar-refractivity contribution is 6.36. The highest BCUT2D eigenvalue weighted by Gasteiger charge is 2.33. The average molecular weight is 238 g/mol. The van der Waals surface area contributed by atoms with Gasteiger partial charge in [-0.2, -0.15) is 0 Å². The molecule has 1 unspecified atom stereocenters. The van der Waals surface area contributed by atoms with Crippen LogP contribution in [0.4, 0.5) is 0 Å². The third-order valence-electron chi connectivity index (χ3n) is 2.28. The topological polar surface area (TPSA) is 79.2 Å². The van der Waals surface area contributed by atoms with E-state index in [-0.39, 0.29) is 24.6 Å². The Morgan fingerprint density at radius 2 is 2.41 bits per heavy atom. The Morgan fingerprint density at radius 3 is 2.88 bits per heavy atom. The van der Waals surface area contributed by atoms with Crippen molar-refractivity contribution in [1.29, 1.82) is 0 Å². The zero-order chi connectivity index (χ0) is 12.8. The van der Waals surface area contributed by atoms with Crippen LogP contribution in [0.1, 0.15) is 19.8 Å². The van der Waals surface area contributed by atoms with Crippen LogP contribution in [0.25, 0.3) is 0 Å². The molecule has 0 fully saturated rings. The minimum Gasteiger partial charge on any atom is -0.477 e. The summed E-state index contributed by atoms with van der Waals surface area (Å²) in [5, 5.41) is 12.0. The van der Waals surface area contributed by atoms with Crippen molar-refractivity contribution in [3.63, 3.8) is 0 Å². The van der Waals surface area contributed by atoms with Crippen LogP contribution in [0, 0.1) is 12.3 Å². The predicted octanol–water partition coefficient (Wildman–Crippen LogP) is 0.0877. The van der Waals surface area contributed by atoms with Crippen LogP contribution in [-0.2, 0) is 14.4 Å². The second-order valence-electron chi connectivity index (χ2n) is 3.61. The van der Waals surface area contributed by atoms with E-state index >= 15 is 0 Å². The van der Waals surface area contributed by atoms with Crippen LogP contribution in [0.2, 0.25) is 0 Å². The summed E-state index contributed by atoms with van der Waals surface area (Å²) in [6, 6.07) is 0. The first-order valence-electron chi connectivity index (χ1n) is 5.28. The van der Waals surface area contributed by atoms with Crippen molar-refractivity contribution < 1.29 is 19.5 Å². The van der Waals surface area contributed by atoms with Crippen molar-refractivity contribution in [3.05, 3.63) is 0 Å². The minimum absolute atomic E-state index is 0.0149. The van der Waals surface area contributed by atoms with Crippen molar-refractivity contribution in [2.75, 3.05) is 13.1 Å². The van der Waals surface area contributed by atoms with Gasteiger partial charge >= 0.3 is 5.97 Å². The molecule has 6 heteroatoms. The van der Waals surface area contributed by atoms with Gasteiger partial charge in [-0.3, -0.25) is 4.79 Å². The van der Waals surface area contributed by atoms with Gasteiger partial charge in [0.2, 0.25) is 6.10 Å². The van der Waals surface area contributed by atoms with Crippen LogP contribution in [0.15, 0.2) is 5.16 Å². The van der Waals surface area contributed by atoms with E-state index in [4.69, 9.17) is 16.4 Å². The Hall–Kier alpha value is -2.03. The summed E-state index contributed by atoms with van der Waals surface area (Å²) in [5.74, 6) is 0.904. The number of aliphatic carboxylic acids is 1. The number of carbonyl (C=O) groups is 2. The molecule has 0 bridgehead atoms. The molecule has 0 aliphatic carbocycles. The molecule has 0 radical (unpaired) electrons. The van der Waals surface area contributed by atoms with Crippen molar-refractivity contribution in [1.82, 2.24) is 4.90 Å². The molecule has 17 heavy (non-hydrogen) atoms. The van der Waals surface area contributed by atoms with E-state index in [0.29, 0.717) is 6.54 Å². The third-order valence-corrected chi connectivity index (χ3v) is 2.28. The Morgan fingerprint density at radius 1 is 1.71 bits per heavy atom. The molecule has 0 saturated carbocycles. The van der Waals surface area contributed by atoms with Gasteiger partial charge in [-0.05, 0) is 6.42 Å². The minimum atomic E-state index is -1.17. The first kappa shape index (κ1) is 13.0. The molecule has 6 nitrogen and oxygen atoms in total. The van der Waals surface area contributed by atoms with Gasteiger partial charge in [-0.25, -0.2) is 4.79 Å². The summed E-state index contributed by atoms with van der Waals surface area (Å²) in [6.45, 7) is 2.63. The molecule has 0 aromatic heterocycles. The number of carbonyl (C=O) groups excluding carboxylic acids is 1. The summed E-state index contributed by atoms with van der Waals surface area (Å²) in [6.07, 6.45) is 5.06. The highest BCUT2D eigenvalue weighted by Crippen LogP contribution is 2.13. The number of oxime groups is 1. The second kappa shape index (κ2) is 5.89. The van der Waals surface area contributed by atoms with Crippen LogP contribution >= 0.6 is 0 Å².